The Kier molecular flexibility index (Phi) is 4.77. The fourth-order valence-corrected chi connectivity index (χ4v) is 2.96. The molecule has 0 saturated carbocycles. The number of nitrogens with zero attached hydrogens (tertiary/aromatic N) is 3. The third-order valence-electron chi connectivity index (χ3n) is 3.19. The predicted molar refractivity (Wildman–Crippen MR) is 87.0 cm³/mol. The summed E-state index contributed by atoms with van der Waals surface area (Å²) in [7, 11) is 0. The number of aryl methyl sites for hydroxylation is 1. The zero-order valence-corrected chi connectivity index (χ0v) is 13.5. The van der Waals surface area contributed by atoms with E-state index in [0.717, 1.165) is 22.0 Å². The van der Waals surface area contributed by atoms with Crippen LogP contribution < -0.4 is 5.32 Å². The number of aromatic nitrogens is 3. The van der Waals surface area contributed by atoms with Gasteiger partial charge in [-0.25, -0.2) is 4.98 Å². The number of thiazole rings is 1. The van der Waals surface area contributed by atoms with Crippen molar-refractivity contribution >= 4 is 17.2 Å². The van der Waals surface area contributed by atoms with Crippen LogP contribution in [0, 0.1) is 6.92 Å². The van der Waals surface area contributed by atoms with Gasteiger partial charge in [-0.05, 0) is 19.1 Å². The maximum absolute atomic E-state index is 11.8. The average Bonchev–Trinajstić information content (AvgIpc) is 3.17. The molecule has 0 unspecified atom stereocenters. The summed E-state index contributed by atoms with van der Waals surface area (Å²) >= 11 is 1.59. The Hall–Kier alpha value is -2.54. The molecule has 0 spiro atoms. The second kappa shape index (κ2) is 7.15. The normalized spacial score (nSPS) is 10.7. The third kappa shape index (κ3) is 4.23. The molecule has 3 heterocycles. The van der Waals surface area contributed by atoms with Crippen molar-refractivity contribution in [3.8, 4) is 10.6 Å². The molecule has 0 aromatic carbocycles. The highest BCUT2D eigenvalue weighted by atomic mass is 32.1. The van der Waals surface area contributed by atoms with E-state index in [4.69, 9.17) is 4.52 Å². The van der Waals surface area contributed by atoms with E-state index in [1.807, 2.05) is 24.4 Å². The van der Waals surface area contributed by atoms with Gasteiger partial charge in [-0.3, -0.25) is 9.78 Å². The molecule has 23 heavy (non-hydrogen) atoms. The van der Waals surface area contributed by atoms with Crippen LogP contribution in [0.1, 0.15) is 17.1 Å². The van der Waals surface area contributed by atoms with E-state index in [1.165, 1.54) is 0 Å². The Morgan fingerprint density at radius 2 is 2.17 bits per heavy atom. The summed E-state index contributed by atoms with van der Waals surface area (Å²) in [5.41, 5.74) is 2.80. The van der Waals surface area contributed by atoms with Crippen LogP contribution in [0.25, 0.3) is 10.6 Å². The van der Waals surface area contributed by atoms with Crippen LogP contribution in [0.15, 0.2) is 40.5 Å². The Balaban J connectivity index is 1.47. The molecule has 7 heteroatoms. The second-order valence-corrected chi connectivity index (χ2v) is 5.95. The molecule has 0 aliphatic heterocycles. The zero-order valence-electron chi connectivity index (χ0n) is 12.7. The van der Waals surface area contributed by atoms with E-state index < -0.39 is 0 Å². The molecule has 1 N–H and O–H groups in total. The fourth-order valence-electron chi connectivity index (χ4n) is 2.10. The summed E-state index contributed by atoms with van der Waals surface area (Å²) in [6.07, 6.45) is 4.41. The summed E-state index contributed by atoms with van der Waals surface area (Å²) < 4.78 is 5.03. The third-order valence-corrected chi connectivity index (χ3v) is 4.13. The lowest BCUT2D eigenvalue weighted by Gasteiger charge is -2.01. The second-order valence-electron chi connectivity index (χ2n) is 5.09. The van der Waals surface area contributed by atoms with E-state index in [9.17, 15) is 4.79 Å². The van der Waals surface area contributed by atoms with Gasteiger partial charge in [-0.2, -0.15) is 0 Å². The summed E-state index contributed by atoms with van der Waals surface area (Å²) in [5, 5.41) is 9.61. The van der Waals surface area contributed by atoms with Crippen molar-refractivity contribution in [3.05, 3.63) is 53.1 Å². The van der Waals surface area contributed by atoms with Gasteiger partial charge in [0.05, 0.1) is 17.8 Å². The Morgan fingerprint density at radius 1 is 1.35 bits per heavy atom. The minimum atomic E-state index is -0.0780. The standard InChI is InChI=1S/C16H16N4O2S/c1-11-8-14(22-20-11)9-15(21)18-7-4-13-10-23-16(19-13)12-2-5-17-6-3-12/h2-3,5-6,8,10H,4,7,9H2,1H3,(H,18,21). The molecule has 0 radical (unpaired) electrons. The van der Waals surface area contributed by atoms with Crippen LogP contribution in [-0.4, -0.2) is 27.6 Å². The van der Waals surface area contributed by atoms with E-state index in [-0.39, 0.29) is 12.3 Å². The van der Waals surface area contributed by atoms with Crippen molar-refractivity contribution in [2.24, 2.45) is 0 Å². The number of carbonyl (C=O) groups excluding carboxylic acids is 1. The molecule has 0 fully saturated rings. The van der Waals surface area contributed by atoms with Gasteiger partial charge in [0.25, 0.3) is 0 Å². The van der Waals surface area contributed by atoms with Crippen LogP contribution in [0.4, 0.5) is 0 Å². The molecule has 0 bridgehead atoms. The van der Waals surface area contributed by atoms with Gasteiger partial charge in [0, 0.05) is 42.4 Å². The monoisotopic (exact) mass is 328 g/mol. The van der Waals surface area contributed by atoms with Crippen LogP contribution in [0.2, 0.25) is 0 Å². The van der Waals surface area contributed by atoms with E-state index in [0.29, 0.717) is 18.7 Å². The van der Waals surface area contributed by atoms with Crippen molar-refractivity contribution in [2.45, 2.75) is 19.8 Å². The lowest BCUT2D eigenvalue weighted by Crippen LogP contribution is -2.27. The van der Waals surface area contributed by atoms with Gasteiger partial charge in [0.15, 0.2) is 0 Å². The van der Waals surface area contributed by atoms with Crippen molar-refractivity contribution in [2.75, 3.05) is 6.54 Å². The van der Waals surface area contributed by atoms with Crippen molar-refractivity contribution in [3.63, 3.8) is 0 Å². The molecule has 0 aliphatic rings. The van der Waals surface area contributed by atoms with Crippen LogP contribution in [0.3, 0.4) is 0 Å². The molecule has 6 nitrogen and oxygen atoms in total. The minimum absolute atomic E-state index is 0.0780. The first-order valence-electron chi connectivity index (χ1n) is 7.24. The topological polar surface area (TPSA) is 80.9 Å². The molecular formula is C16H16N4O2S. The van der Waals surface area contributed by atoms with E-state index >= 15 is 0 Å². The Bertz CT molecular complexity index is 782. The molecule has 0 atom stereocenters. The van der Waals surface area contributed by atoms with Crippen molar-refractivity contribution in [1.29, 1.82) is 0 Å². The number of carbonyl (C=O) groups is 1. The highest BCUT2D eigenvalue weighted by Gasteiger charge is 2.09. The summed E-state index contributed by atoms with van der Waals surface area (Å²) in [6, 6.07) is 5.63. The van der Waals surface area contributed by atoms with Gasteiger partial charge < -0.3 is 9.84 Å². The minimum Gasteiger partial charge on any atom is -0.361 e. The largest absolute Gasteiger partial charge is 0.361 e. The number of hydrogen-bond acceptors (Lipinski definition) is 6. The van der Waals surface area contributed by atoms with Crippen molar-refractivity contribution in [1.82, 2.24) is 20.4 Å². The van der Waals surface area contributed by atoms with Gasteiger partial charge in [-0.15, -0.1) is 11.3 Å². The maximum atomic E-state index is 11.8. The molecule has 118 valence electrons. The lowest BCUT2D eigenvalue weighted by molar-refractivity contribution is -0.120. The van der Waals surface area contributed by atoms with Crippen LogP contribution in [0.5, 0.6) is 0 Å². The summed E-state index contributed by atoms with van der Waals surface area (Å²) in [6.45, 7) is 2.37. The van der Waals surface area contributed by atoms with Gasteiger partial charge >= 0.3 is 0 Å². The van der Waals surface area contributed by atoms with Gasteiger partial charge in [0.1, 0.15) is 10.8 Å². The molecule has 0 saturated heterocycles. The Morgan fingerprint density at radius 3 is 2.91 bits per heavy atom. The molecule has 1 amide bonds. The molecular weight excluding hydrogens is 312 g/mol. The quantitative estimate of drug-likeness (QED) is 0.751. The summed E-state index contributed by atoms with van der Waals surface area (Å²) in [4.78, 5) is 20.4. The van der Waals surface area contributed by atoms with Gasteiger partial charge in [-0.1, -0.05) is 5.16 Å². The first-order valence-corrected chi connectivity index (χ1v) is 8.12. The number of rotatable bonds is 6. The first-order chi connectivity index (χ1) is 11.2. The maximum Gasteiger partial charge on any atom is 0.227 e. The van der Waals surface area contributed by atoms with E-state index in [1.54, 1.807) is 29.8 Å². The lowest BCUT2D eigenvalue weighted by atomic mass is 10.2. The summed E-state index contributed by atoms with van der Waals surface area (Å²) in [5.74, 6) is 0.499. The van der Waals surface area contributed by atoms with Gasteiger partial charge in [0.2, 0.25) is 5.91 Å². The highest BCUT2D eigenvalue weighted by Crippen LogP contribution is 2.22. The fraction of sp³-hybridized carbons (Fsp3) is 0.250. The van der Waals surface area contributed by atoms with Crippen molar-refractivity contribution < 1.29 is 9.32 Å². The molecule has 3 aromatic heterocycles. The average molecular weight is 328 g/mol. The molecule has 0 aliphatic carbocycles. The predicted octanol–water partition coefficient (Wildman–Crippen LogP) is 2.40. The smallest absolute Gasteiger partial charge is 0.227 e. The number of hydrogen-bond donors (Lipinski definition) is 1. The Labute approximate surface area is 137 Å². The molecule has 3 aromatic rings. The molecule has 3 rings (SSSR count). The zero-order chi connectivity index (χ0) is 16.1. The SMILES string of the molecule is Cc1cc(CC(=O)NCCc2csc(-c3ccncc3)n2)on1. The number of amides is 1. The van der Waals surface area contributed by atoms with E-state index in [2.05, 4.69) is 20.4 Å². The number of nitrogens with one attached hydrogen (secondary N) is 1. The van der Waals surface area contributed by atoms with Crippen LogP contribution >= 0.6 is 11.3 Å². The first kappa shape index (κ1) is 15.4. The van der Waals surface area contributed by atoms with Crippen LogP contribution in [-0.2, 0) is 17.6 Å². The number of pyridine rings is 1. The highest BCUT2D eigenvalue weighted by molar-refractivity contribution is 7.13.